The van der Waals surface area contributed by atoms with Gasteiger partial charge in [0.15, 0.2) is 17.5 Å². The summed E-state index contributed by atoms with van der Waals surface area (Å²) < 4.78 is 0. The molecule has 4 rings (SSSR count). The van der Waals surface area contributed by atoms with Gasteiger partial charge in [-0.25, -0.2) is 9.97 Å². The van der Waals surface area contributed by atoms with Crippen LogP contribution in [-0.4, -0.2) is 59.9 Å². The molecule has 2 saturated heterocycles. The van der Waals surface area contributed by atoms with Crippen molar-refractivity contribution in [3.63, 3.8) is 0 Å². The van der Waals surface area contributed by atoms with Crippen molar-refractivity contribution in [1.82, 2.24) is 20.2 Å². The molecular weight excluding hydrogens is 350 g/mol. The van der Waals surface area contributed by atoms with Gasteiger partial charge in [-0.1, -0.05) is 20.8 Å². The number of anilines is 3. The number of aromatic nitrogens is 4. The van der Waals surface area contributed by atoms with Crippen LogP contribution in [0.1, 0.15) is 39.3 Å². The molecule has 28 heavy (non-hydrogen) atoms. The number of piperidine rings is 1. The molecule has 2 aliphatic heterocycles. The van der Waals surface area contributed by atoms with Crippen LogP contribution in [0.2, 0.25) is 0 Å². The minimum Gasteiger partial charge on any atom is -0.360 e. The lowest BCUT2D eigenvalue weighted by Crippen LogP contribution is -2.49. The molecule has 2 unspecified atom stereocenters. The van der Waals surface area contributed by atoms with E-state index in [0.717, 1.165) is 42.8 Å². The summed E-state index contributed by atoms with van der Waals surface area (Å²) in [5.74, 6) is 3.61. The first kappa shape index (κ1) is 18.9. The third-order valence-corrected chi connectivity index (χ3v) is 5.96. The largest absolute Gasteiger partial charge is 0.360 e. The molecule has 7 heteroatoms. The maximum Gasteiger partial charge on any atom is 0.172 e. The van der Waals surface area contributed by atoms with Crippen molar-refractivity contribution in [3.8, 4) is 0 Å². The fourth-order valence-electron chi connectivity index (χ4n) is 4.36. The normalized spacial score (nSPS) is 22.3. The van der Waals surface area contributed by atoms with Crippen LogP contribution < -0.4 is 14.7 Å². The van der Waals surface area contributed by atoms with Gasteiger partial charge in [-0.15, -0.1) is 5.10 Å². The van der Waals surface area contributed by atoms with Gasteiger partial charge in [0.25, 0.3) is 0 Å². The third-order valence-electron chi connectivity index (χ3n) is 5.96. The van der Waals surface area contributed by atoms with Crippen molar-refractivity contribution in [2.75, 3.05) is 48.4 Å². The molecule has 2 atom stereocenters. The summed E-state index contributed by atoms with van der Waals surface area (Å²) in [6.45, 7) is 9.55. The van der Waals surface area contributed by atoms with Crippen molar-refractivity contribution in [1.29, 1.82) is 0 Å². The lowest BCUT2D eigenvalue weighted by atomic mass is 9.91. The number of rotatable bonds is 3. The van der Waals surface area contributed by atoms with Crippen LogP contribution in [0.15, 0.2) is 24.5 Å². The first-order valence-corrected chi connectivity index (χ1v) is 10.2. The number of fused-ring (bicyclic) bond motifs is 1. The van der Waals surface area contributed by atoms with Crippen LogP contribution in [-0.2, 0) is 5.41 Å². The van der Waals surface area contributed by atoms with Crippen molar-refractivity contribution in [2.45, 2.75) is 45.1 Å². The Hall–Kier alpha value is -2.44. The van der Waals surface area contributed by atoms with E-state index in [-0.39, 0.29) is 5.41 Å². The molecule has 0 aliphatic carbocycles. The summed E-state index contributed by atoms with van der Waals surface area (Å²) in [4.78, 5) is 16.1. The zero-order chi connectivity index (χ0) is 19.9. The van der Waals surface area contributed by atoms with Gasteiger partial charge in [-0.05, 0) is 30.9 Å². The maximum absolute atomic E-state index is 4.65. The molecule has 0 amide bonds. The molecule has 0 spiro atoms. The molecule has 0 bridgehead atoms. The minimum atomic E-state index is 0.0231. The zero-order valence-electron chi connectivity index (χ0n) is 17.6. The highest BCUT2D eigenvalue weighted by molar-refractivity contribution is 5.62. The smallest absolute Gasteiger partial charge is 0.172 e. The third kappa shape index (κ3) is 3.50. The van der Waals surface area contributed by atoms with Crippen LogP contribution in [0.25, 0.3) is 0 Å². The monoisotopic (exact) mass is 381 g/mol. The van der Waals surface area contributed by atoms with E-state index in [2.05, 4.69) is 62.9 Å². The Kier molecular flexibility index (Phi) is 4.85. The average Bonchev–Trinajstić information content (AvgIpc) is 3.10. The second-order valence-corrected chi connectivity index (χ2v) is 9.17. The Labute approximate surface area is 167 Å². The minimum absolute atomic E-state index is 0.0231. The lowest BCUT2D eigenvalue weighted by Gasteiger charge is -2.40. The summed E-state index contributed by atoms with van der Waals surface area (Å²) in [6, 6.07) is 4.71. The van der Waals surface area contributed by atoms with Crippen molar-refractivity contribution < 1.29 is 0 Å². The lowest BCUT2D eigenvalue weighted by molar-refractivity contribution is 0.388. The Morgan fingerprint density at radius 3 is 2.43 bits per heavy atom. The molecule has 0 N–H and O–H groups in total. The Balaban J connectivity index is 1.56. The van der Waals surface area contributed by atoms with Crippen molar-refractivity contribution in [3.05, 3.63) is 30.2 Å². The van der Waals surface area contributed by atoms with Gasteiger partial charge >= 0.3 is 0 Å². The van der Waals surface area contributed by atoms with Crippen LogP contribution in [0.5, 0.6) is 0 Å². The Morgan fingerprint density at radius 2 is 1.75 bits per heavy atom. The number of hydrogen-bond donors (Lipinski definition) is 0. The maximum atomic E-state index is 4.65. The molecule has 0 aromatic carbocycles. The van der Waals surface area contributed by atoms with Gasteiger partial charge in [0.05, 0.1) is 11.7 Å². The van der Waals surface area contributed by atoms with Crippen molar-refractivity contribution in [2.24, 2.45) is 5.92 Å². The molecule has 4 heterocycles. The van der Waals surface area contributed by atoms with Gasteiger partial charge in [-0.2, -0.15) is 5.10 Å². The van der Waals surface area contributed by atoms with E-state index in [4.69, 9.17) is 0 Å². The molecule has 2 aromatic rings. The molecule has 0 saturated carbocycles. The van der Waals surface area contributed by atoms with Crippen LogP contribution in [0, 0.1) is 5.92 Å². The summed E-state index contributed by atoms with van der Waals surface area (Å²) in [7, 11) is 4.04. The zero-order valence-corrected chi connectivity index (χ0v) is 17.6. The van der Waals surface area contributed by atoms with E-state index in [1.54, 1.807) is 12.4 Å². The van der Waals surface area contributed by atoms with E-state index >= 15 is 0 Å². The summed E-state index contributed by atoms with van der Waals surface area (Å²) in [5, 5.41) is 9.10. The van der Waals surface area contributed by atoms with Gasteiger partial charge < -0.3 is 14.7 Å². The first-order chi connectivity index (χ1) is 13.3. The molecule has 2 fully saturated rings. The Morgan fingerprint density at radius 1 is 1.00 bits per heavy atom. The highest BCUT2D eigenvalue weighted by atomic mass is 15.3. The predicted molar refractivity (Wildman–Crippen MR) is 113 cm³/mol. The fourth-order valence-corrected chi connectivity index (χ4v) is 4.36. The van der Waals surface area contributed by atoms with E-state index in [0.29, 0.717) is 12.0 Å². The van der Waals surface area contributed by atoms with Crippen LogP contribution in [0.3, 0.4) is 0 Å². The Bertz CT molecular complexity index is 812. The van der Waals surface area contributed by atoms with Gasteiger partial charge in [0.1, 0.15) is 0 Å². The highest BCUT2D eigenvalue weighted by Gasteiger charge is 2.40. The van der Waals surface area contributed by atoms with E-state index in [1.165, 1.54) is 12.8 Å². The predicted octanol–water partition coefficient (Wildman–Crippen LogP) is 2.74. The summed E-state index contributed by atoms with van der Waals surface area (Å²) in [5.41, 5.74) is 1.06. The van der Waals surface area contributed by atoms with Crippen LogP contribution >= 0.6 is 0 Å². The summed E-state index contributed by atoms with van der Waals surface area (Å²) >= 11 is 0. The van der Waals surface area contributed by atoms with Gasteiger partial charge in [0, 0.05) is 51.5 Å². The quantitative estimate of drug-likeness (QED) is 0.810. The standard InChI is InChI=1S/C21H31N7/c1-21(2,3)17-6-7-18(25-24-17)28-13-9-15-8-12-27(14-16(15)28)20-19(26(4)5)22-10-11-23-20/h6-7,10-11,15-16H,8-9,12-14H2,1-5H3. The molecular formula is C21H31N7. The topological polar surface area (TPSA) is 61.3 Å². The van der Waals surface area contributed by atoms with Crippen molar-refractivity contribution >= 4 is 17.5 Å². The molecule has 0 radical (unpaired) electrons. The van der Waals surface area contributed by atoms with E-state index in [1.807, 2.05) is 19.0 Å². The number of nitrogens with zero attached hydrogens (tertiary/aromatic N) is 7. The highest BCUT2D eigenvalue weighted by Crippen LogP contribution is 2.37. The molecule has 2 aromatic heterocycles. The molecule has 2 aliphatic rings. The van der Waals surface area contributed by atoms with E-state index in [9.17, 15) is 0 Å². The summed E-state index contributed by atoms with van der Waals surface area (Å²) in [6.07, 6.45) is 5.96. The SMILES string of the molecule is CN(C)c1nccnc1N1CCC2CCN(c3ccc(C(C)(C)C)nn3)C2C1. The molecule has 150 valence electrons. The van der Waals surface area contributed by atoms with Gasteiger partial charge in [0.2, 0.25) is 0 Å². The van der Waals surface area contributed by atoms with E-state index < -0.39 is 0 Å². The first-order valence-electron chi connectivity index (χ1n) is 10.2. The number of hydrogen-bond acceptors (Lipinski definition) is 7. The van der Waals surface area contributed by atoms with Crippen LogP contribution in [0.4, 0.5) is 17.5 Å². The second kappa shape index (κ2) is 7.18. The molecule has 7 nitrogen and oxygen atoms in total. The second-order valence-electron chi connectivity index (χ2n) is 9.17. The average molecular weight is 382 g/mol. The fraction of sp³-hybridized carbons (Fsp3) is 0.619. The van der Waals surface area contributed by atoms with Gasteiger partial charge in [-0.3, -0.25) is 0 Å².